The molecule has 1 amide bonds. The first-order valence-corrected chi connectivity index (χ1v) is 9.14. The molecule has 1 aliphatic rings. The van der Waals surface area contributed by atoms with Crippen LogP contribution in [0.25, 0.3) is 0 Å². The summed E-state index contributed by atoms with van der Waals surface area (Å²) < 4.78 is 28.3. The second-order valence-electron chi connectivity index (χ2n) is 5.32. The monoisotopic (exact) mass is 341 g/mol. The van der Waals surface area contributed by atoms with Crippen LogP contribution in [0.4, 0.5) is 0 Å². The van der Waals surface area contributed by atoms with Crippen molar-refractivity contribution in [1.82, 2.24) is 14.9 Å². The number of likely N-dealkylation sites (N-methyl/N-ethyl adjacent to an activating group) is 1. The summed E-state index contributed by atoms with van der Waals surface area (Å²) in [6.07, 6.45) is 3.41. The van der Waals surface area contributed by atoms with Crippen molar-refractivity contribution in [1.29, 1.82) is 0 Å². The molecule has 1 aromatic rings. The SMILES string of the molecule is CCN(C(=O)[C@H](C)OC(=O)c1cnccn1)[C@H]1CCS(=O)(=O)C1. The Morgan fingerprint density at radius 3 is 2.70 bits per heavy atom. The maximum absolute atomic E-state index is 12.5. The number of ether oxygens (including phenoxy) is 1. The maximum Gasteiger partial charge on any atom is 0.359 e. The number of aromatic nitrogens is 2. The fraction of sp³-hybridized carbons (Fsp3) is 0.571. The van der Waals surface area contributed by atoms with Gasteiger partial charge in [0.2, 0.25) is 0 Å². The van der Waals surface area contributed by atoms with Gasteiger partial charge in [-0.05, 0) is 20.3 Å². The Kier molecular flexibility index (Phi) is 5.30. The number of hydrogen-bond donors (Lipinski definition) is 0. The molecule has 1 aromatic heterocycles. The molecule has 8 nitrogen and oxygen atoms in total. The molecule has 0 radical (unpaired) electrons. The summed E-state index contributed by atoms with van der Waals surface area (Å²) in [6.45, 7) is 3.58. The molecule has 0 bridgehead atoms. The van der Waals surface area contributed by atoms with Gasteiger partial charge in [0.1, 0.15) is 0 Å². The topological polar surface area (TPSA) is 107 Å². The third kappa shape index (κ3) is 4.25. The largest absolute Gasteiger partial charge is 0.448 e. The molecule has 1 fully saturated rings. The predicted molar refractivity (Wildman–Crippen MR) is 81.4 cm³/mol. The van der Waals surface area contributed by atoms with E-state index in [2.05, 4.69) is 9.97 Å². The van der Waals surface area contributed by atoms with Crippen LogP contribution in [-0.2, 0) is 19.4 Å². The van der Waals surface area contributed by atoms with E-state index >= 15 is 0 Å². The van der Waals surface area contributed by atoms with Crippen LogP contribution in [0.1, 0.15) is 30.8 Å². The Morgan fingerprint density at radius 1 is 1.43 bits per heavy atom. The number of sulfone groups is 1. The molecule has 0 saturated carbocycles. The maximum atomic E-state index is 12.5. The molecule has 2 atom stereocenters. The summed E-state index contributed by atoms with van der Waals surface area (Å²) >= 11 is 0. The minimum absolute atomic E-state index is 0.0126. The smallest absolute Gasteiger partial charge is 0.359 e. The van der Waals surface area contributed by atoms with Gasteiger partial charge in [0.05, 0.1) is 17.7 Å². The molecule has 1 aliphatic heterocycles. The normalized spacial score (nSPS) is 20.7. The molecule has 0 aromatic carbocycles. The van der Waals surface area contributed by atoms with Gasteiger partial charge in [-0.1, -0.05) is 0 Å². The highest BCUT2D eigenvalue weighted by molar-refractivity contribution is 7.91. The summed E-state index contributed by atoms with van der Waals surface area (Å²) in [5.74, 6) is -1.12. The van der Waals surface area contributed by atoms with Crippen molar-refractivity contribution in [3.8, 4) is 0 Å². The molecule has 0 aliphatic carbocycles. The minimum Gasteiger partial charge on any atom is -0.448 e. The van der Waals surface area contributed by atoms with Crippen LogP contribution in [0.3, 0.4) is 0 Å². The van der Waals surface area contributed by atoms with E-state index in [0.29, 0.717) is 13.0 Å². The van der Waals surface area contributed by atoms with E-state index in [0.717, 1.165) is 0 Å². The Labute approximate surface area is 134 Å². The highest BCUT2D eigenvalue weighted by atomic mass is 32.2. The van der Waals surface area contributed by atoms with E-state index in [9.17, 15) is 18.0 Å². The van der Waals surface area contributed by atoms with Crippen LogP contribution in [-0.4, -0.2) is 65.4 Å². The first-order valence-electron chi connectivity index (χ1n) is 7.32. The van der Waals surface area contributed by atoms with Gasteiger partial charge in [0.25, 0.3) is 5.91 Å². The molecule has 23 heavy (non-hydrogen) atoms. The average molecular weight is 341 g/mol. The molecular weight excluding hydrogens is 322 g/mol. The quantitative estimate of drug-likeness (QED) is 0.697. The van der Waals surface area contributed by atoms with Crippen LogP contribution in [0.15, 0.2) is 18.6 Å². The Hall–Kier alpha value is -2.03. The second-order valence-corrected chi connectivity index (χ2v) is 7.55. The van der Waals surface area contributed by atoms with E-state index in [-0.39, 0.29) is 23.2 Å². The number of hydrogen-bond acceptors (Lipinski definition) is 7. The van der Waals surface area contributed by atoms with Gasteiger partial charge in [-0.2, -0.15) is 0 Å². The minimum atomic E-state index is -3.10. The lowest BCUT2D eigenvalue weighted by Gasteiger charge is -2.29. The summed E-state index contributed by atoms with van der Waals surface area (Å²) in [6, 6.07) is -0.366. The number of esters is 1. The third-order valence-electron chi connectivity index (χ3n) is 3.68. The first kappa shape index (κ1) is 17.3. The van der Waals surface area contributed by atoms with Crippen molar-refractivity contribution in [2.75, 3.05) is 18.1 Å². The van der Waals surface area contributed by atoms with Gasteiger partial charge in [0, 0.05) is 25.0 Å². The Morgan fingerprint density at radius 2 is 2.17 bits per heavy atom. The van der Waals surface area contributed by atoms with Gasteiger partial charge >= 0.3 is 5.97 Å². The molecule has 2 rings (SSSR count). The van der Waals surface area contributed by atoms with Crippen molar-refractivity contribution in [3.63, 3.8) is 0 Å². The van der Waals surface area contributed by atoms with Crippen LogP contribution < -0.4 is 0 Å². The second kappa shape index (κ2) is 7.03. The van der Waals surface area contributed by atoms with Crippen molar-refractivity contribution < 1.29 is 22.7 Å². The predicted octanol–water partition coefficient (Wildman–Crippen LogP) is 0.0575. The van der Waals surface area contributed by atoms with E-state index in [1.165, 1.54) is 30.4 Å². The number of rotatable bonds is 5. The molecular formula is C14H19N3O5S. The lowest BCUT2D eigenvalue weighted by molar-refractivity contribution is -0.141. The van der Waals surface area contributed by atoms with E-state index in [1.807, 2.05) is 0 Å². The summed E-state index contributed by atoms with van der Waals surface area (Å²) in [7, 11) is -3.10. The highest BCUT2D eigenvalue weighted by Gasteiger charge is 2.36. The number of nitrogens with zero attached hydrogens (tertiary/aromatic N) is 3. The molecule has 9 heteroatoms. The van der Waals surface area contributed by atoms with E-state index < -0.39 is 27.8 Å². The molecule has 0 unspecified atom stereocenters. The van der Waals surface area contributed by atoms with Gasteiger partial charge in [-0.15, -0.1) is 0 Å². The third-order valence-corrected chi connectivity index (χ3v) is 5.43. The number of carbonyl (C=O) groups excluding carboxylic acids is 2. The summed E-state index contributed by atoms with van der Waals surface area (Å²) in [5, 5.41) is 0. The molecule has 126 valence electrons. The van der Waals surface area contributed by atoms with Crippen LogP contribution in [0.5, 0.6) is 0 Å². The van der Waals surface area contributed by atoms with E-state index in [4.69, 9.17) is 4.74 Å². The molecule has 1 saturated heterocycles. The summed E-state index contributed by atoms with van der Waals surface area (Å²) in [5.41, 5.74) is 0.0126. The lowest BCUT2D eigenvalue weighted by Crippen LogP contribution is -2.46. The number of amides is 1. The van der Waals surface area contributed by atoms with Gasteiger partial charge in [-0.3, -0.25) is 9.78 Å². The Balaban J connectivity index is 2.01. The van der Waals surface area contributed by atoms with E-state index in [1.54, 1.807) is 6.92 Å². The van der Waals surface area contributed by atoms with Crippen molar-refractivity contribution >= 4 is 21.7 Å². The standard InChI is InChI=1S/C14H19N3O5S/c1-3-17(11-4-7-23(20,21)9-11)13(18)10(2)22-14(19)12-8-15-5-6-16-12/h5-6,8,10-11H,3-4,7,9H2,1-2H3/t10-,11-/m0/s1. The van der Waals surface area contributed by atoms with Crippen molar-refractivity contribution in [3.05, 3.63) is 24.3 Å². The fourth-order valence-electron chi connectivity index (χ4n) is 2.52. The number of carbonyl (C=O) groups is 2. The Bertz CT molecular complexity index is 677. The van der Waals surface area contributed by atoms with Gasteiger partial charge in [0.15, 0.2) is 21.6 Å². The first-order chi connectivity index (χ1) is 10.8. The van der Waals surface area contributed by atoms with Crippen molar-refractivity contribution in [2.45, 2.75) is 32.4 Å². The molecule has 2 heterocycles. The summed E-state index contributed by atoms with van der Waals surface area (Å²) in [4.78, 5) is 33.4. The van der Waals surface area contributed by atoms with Crippen LogP contribution in [0.2, 0.25) is 0 Å². The van der Waals surface area contributed by atoms with Crippen LogP contribution in [0, 0.1) is 0 Å². The average Bonchev–Trinajstić information content (AvgIpc) is 2.88. The zero-order valence-electron chi connectivity index (χ0n) is 13.0. The van der Waals surface area contributed by atoms with Crippen LogP contribution >= 0.6 is 0 Å². The van der Waals surface area contributed by atoms with Gasteiger partial charge < -0.3 is 9.64 Å². The molecule has 0 spiro atoms. The highest BCUT2D eigenvalue weighted by Crippen LogP contribution is 2.19. The van der Waals surface area contributed by atoms with Crippen molar-refractivity contribution in [2.24, 2.45) is 0 Å². The lowest BCUT2D eigenvalue weighted by atomic mass is 10.2. The zero-order valence-corrected chi connectivity index (χ0v) is 13.8. The molecule has 0 N–H and O–H groups in total. The zero-order chi connectivity index (χ0) is 17.0. The fourth-order valence-corrected chi connectivity index (χ4v) is 4.26. The van der Waals surface area contributed by atoms with Gasteiger partial charge in [-0.25, -0.2) is 18.2 Å².